The van der Waals surface area contributed by atoms with Gasteiger partial charge in [0.25, 0.3) is 0 Å². The van der Waals surface area contributed by atoms with Crippen molar-refractivity contribution in [2.45, 2.75) is 4.90 Å². The maximum absolute atomic E-state index is 5.99. The number of thioether (sulfide) groups is 1. The minimum Gasteiger partial charge on any atom is -0.382 e. The first-order valence-corrected chi connectivity index (χ1v) is 7.40. The monoisotopic (exact) mass is 282 g/mol. The van der Waals surface area contributed by atoms with Gasteiger partial charge in [0.2, 0.25) is 0 Å². The van der Waals surface area contributed by atoms with E-state index in [9.17, 15) is 0 Å². The molecule has 1 aromatic carbocycles. The van der Waals surface area contributed by atoms with E-state index in [-0.39, 0.29) is 0 Å². The summed E-state index contributed by atoms with van der Waals surface area (Å²) in [7, 11) is 0. The number of rotatable bonds is 3. The van der Waals surface area contributed by atoms with Gasteiger partial charge < -0.3 is 5.73 Å². The standard InChI is InChI=1S/C15H14N4S/c1-20-12-6-4-10(5-7-12)14-13(15(16)19-18-14)11-3-2-8-17-9-11/h2-9H,1H3,(H3,16,18,19). The minimum absolute atomic E-state index is 0.488. The van der Waals surface area contributed by atoms with Crippen LogP contribution in [0.1, 0.15) is 0 Å². The molecule has 3 N–H and O–H groups in total. The summed E-state index contributed by atoms with van der Waals surface area (Å²) in [5.74, 6) is 0.488. The molecule has 2 heterocycles. The SMILES string of the molecule is CSc1ccc(-c2[nH]nc(N)c2-c2cccnc2)cc1. The molecular formula is C15H14N4S. The molecular weight excluding hydrogens is 268 g/mol. The summed E-state index contributed by atoms with van der Waals surface area (Å²) < 4.78 is 0. The maximum atomic E-state index is 5.99. The van der Waals surface area contributed by atoms with Crippen LogP contribution in [0.4, 0.5) is 5.82 Å². The number of hydrogen-bond acceptors (Lipinski definition) is 4. The smallest absolute Gasteiger partial charge is 0.153 e. The van der Waals surface area contributed by atoms with Gasteiger partial charge in [-0.15, -0.1) is 11.8 Å². The van der Waals surface area contributed by atoms with Crippen LogP contribution in [0.5, 0.6) is 0 Å². The average Bonchev–Trinajstić information content (AvgIpc) is 2.90. The van der Waals surface area contributed by atoms with Crippen LogP contribution in [0.3, 0.4) is 0 Å². The van der Waals surface area contributed by atoms with Crippen LogP contribution in [0.15, 0.2) is 53.7 Å². The van der Waals surface area contributed by atoms with Crippen molar-refractivity contribution >= 4 is 17.6 Å². The number of nitrogens with zero attached hydrogens (tertiary/aromatic N) is 2. The van der Waals surface area contributed by atoms with E-state index in [4.69, 9.17) is 5.73 Å². The molecule has 2 aromatic heterocycles. The van der Waals surface area contributed by atoms with E-state index in [1.165, 1.54) is 4.90 Å². The summed E-state index contributed by atoms with van der Waals surface area (Å²) in [6.07, 6.45) is 5.60. The highest BCUT2D eigenvalue weighted by molar-refractivity contribution is 7.98. The van der Waals surface area contributed by atoms with Gasteiger partial charge in [0.05, 0.1) is 11.3 Å². The second kappa shape index (κ2) is 5.38. The van der Waals surface area contributed by atoms with Gasteiger partial charge in [0.1, 0.15) is 0 Å². The third kappa shape index (κ3) is 2.28. The van der Waals surface area contributed by atoms with E-state index in [1.54, 1.807) is 24.2 Å². The summed E-state index contributed by atoms with van der Waals surface area (Å²) in [4.78, 5) is 5.37. The van der Waals surface area contributed by atoms with Crippen LogP contribution < -0.4 is 5.73 Å². The number of pyridine rings is 1. The van der Waals surface area contributed by atoms with Gasteiger partial charge in [-0.05, 0) is 24.5 Å². The van der Waals surface area contributed by atoms with Gasteiger partial charge in [-0.1, -0.05) is 18.2 Å². The first-order chi connectivity index (χ1) is 9.79. The second-order valence-electron chi connectivity index (χ2n) is 4.33. The maximum Gasteiger partial charge on any atom is 0.153 e. The van der Waals surface area contributed by atoms with Gasteiger partial charge in [0.15, 0.2) is 5.82 Å². The molecule has 3 aromatic rings. The number of benzene rings is 1. The molecule has 0 saturated carbocycles. The zero-order valence-corrected chi connectivity index (χ0v) is 11.8. The fraction of sp³-hybridized carbons (Fsp3) is 0.0667. The van der Waals surface area contributed by atoms with Gasteiger partial charge in [-0.3, -0.25) is 10.1 Å². The summed E-state index contributed by atoms with van der Waals surface area (Å²) >= 11 is 1.72. The molecule has 20 heavy (non-hydrogen) atoms. The van der Waals surface area contributed by atoms with Crippen molar-refractivity contribution in [2.24, 2.45) is 0 Å². The van der Waals surface area contributed by atoms with Crippen LogP contribution in [-0.2, 0) is 0 Å². The van der Waals surface area contributed by atoms with Crippen molar-refractivity contribution in [3.05, 3.63) is 48.8 Å². The predicted molar refractivity (Wildman–Crippen MR) is 83.4 cm³/mol. The van der Waals surface area contributed by atoms with Crippen molar-refractivity contribution in [1.29, 1.82) is 0 Å². The number of H-pyrrole nitrogens is 1. The summed E-state index contributed by atoms with van der Waals surface area (Å²) in [6, 6.07) is 12.2. The van der Waals surface area contributed by atoms with Crippen molar-refractivity contribution in [1.82, 2.24) is 15.2 Å². The van der Waals surface area contributed by atoms with Crippen molar-refractivity contribution in [2.75, 3.05) is 12.0 Å². The predicted octanol–water partition coefficient (Wildman–Crippen LogP) is 3.44. The Bertz CT molecular complexity index is 704. The Labute approximate surface area is 121 Å². The molecule has 0 spiro atoms. The highest BCUT2D eigenvalue weighted by Gasteiger charge is 2.14. The quantitative estimate of drug-likeness (QED) is 0.722. The van der Waals surface area contributed by atoms with E-state index in [2.05, 4.69) is 45.7 Å². The van der Waals surface area contributed by atoms with Crippen molar-refractivity contribution in [3.8, 4) is 22.4 Å². The van der Waals surface area contributed by atoms with Crippen LogP contribution in [0.25, 0.3) is 22.4 Å². The Balaban J connectivity index is 2.11. The third-order valence-corrected chi connectivity index (χ3v) is 3.87. The van der Waals surface area contributed by atoms with Gasteiger partial charge in [0, 0.05) is 28.4 Å². The van der Waals surface area contributed by atoms with E-state index < -0.39 is 0 Å². The van der Waals surface area contributed by atoms with Crippen LogP contribution in [-0.4, -0.2) is 21.4 Å². The molecule has 0 fully saturated rings. The number of hydrogen-bond donors (Lipinski definition) is 2. The molecule has 0 radical (unpaired) electrons. The van der Waals surface area contributed by atoms with Crippen LogP contribution >= 0.6 is 11.8 Å². The van der Waals surface area contributed by atoms with Crippen LogP contribution in [0, 0.1) is 0 Å². The number of aromatic amines is 1. The van der Waals surface area contributed by atoms with Gasteiger partial charge in [-0.25, -0.2) is 0 Å². The van der Waals surface area contributed by atoms with E-state index >= 15 is 0 Å². The number of nitrogens with one attached hydrogen (secondary N) is 1. The zero-order chi connectivity index (χ0) is 13.9. The van der Waals surface area contributed by atoms with Crippen molar-refractivity contribution in [3.63, 3.8) is 0 Å². The number of nitrogens with two attached hydrogens (primary N) is 1. The van der Waals surface area contributed by atoms with E-state index in [0.717, 1.165) is 22.4 Å². The molecule has 5 heteroatoms. The normalized spacial score (nSPS) is 10.7. The molecule has 0 unspecified atom stereocenters. The molecule has 3 rings (SSSR count). The Morgan fingerprint density at radius 3 is 2.55 bits per heavy atom. The molecule has 100 valence electrons. The Morgan fingerprint density at radius 2 is 1.90 bits per heavy atom. The molecule has 0 amide bonds. The molecule has 0 aliphatic rings. The Morgan fingerprint density at radius 1 is 1.10 bits per heavy atom. The molecule has 0 saturated heterocycles. The lowest BCUT2D eigenvalue weighted by molar-refractivity contribution is 1.10. The lowest BCUT2D eigenvalue weighted by atomic mass is 10.0. The topological polar surface area (TPSA) is 67.6 Å². The number of nitrogen functional groups attached to an aromatic ring is 1. The largest absolute Gasteiger partial charge is 0.382 e. The van der Waals surface area contributed by atoms with Crippen molar-refractivity contribution < 1.29 is 0 Å². The molecule has 0 atom stereocenters. The average molecular weight is 282 g/mol. The number of aromatic nitrogens is 3. The number of anilines is 1. The van der Waals surface area contributed by atoms with E-state index in [0.29, 0.717) is 5.82 Å². The highest BCUT2D eigenvalue weighted by Crippen LogP contribution is 2.34. The summed E-state index contributed by atoms with van der Waals surface area (Å²) in [6.45, 7) is 0. The Kier molecular flexibility index (Phi) is 3.43. The molecule has 0 aliphatic heterocycles. The minimum atomic E-state index is 0.488. The molecule has 0 bridgehead atoms. The first kappa shape index (κ1) is 12.7. The second-order valence-corrected chi connectivity index (χ2v) is 5.21. The Hall–Kier alpha value is -2.27. The van der Waals surface area contributed by atoms with Gasteiger partial charge in [-0.2, -0.15) is 5.10 Å². The highest BCUT2D eigenvalue weighted by atomic mass is 32.2. The summed E-state index contributed by atoms with van der Waals surface area (Å²) in [5, 5.41) is 7.15. The fourth-order valence-corrected chi connectivity index (χ4v) is 2.53. The van der Waals surface area contributed by atoms with Crippen LogP contribution in [0.2, 0.25) is 0 Å². The third-order valence-electron chi connectivity index (χ3n) is 3.12. The fourth-order valence-electron chi connectivity index (χ4n) is 2.13. The molecule has 0 aliphatic carbocycles. The summed E-state index contributed by atoms with van der Waals surface area (Å²) in [5.41, 5.74) is 9.83. The lowest BCUT2D eigenvalue weighted by Gasteiger charge is -2.05. The van der Waals surface area contributed by atoms with Gasteiger partial charge >= 0.3 is 0 Å². The van der Waals surface area contributed by atoms with E-state index in [1.807, 2.05) is 12.1 Å². The lowest BCUT2D eigenvalue weighted by Crippen LogP contribution is -1.89. The zero-order valence-electron chi connectivity index (χ0n) is 11.0. The molecule has 4 nitrogen and oxygen atoms in total. The first-order valence-electron chi connectivity index (χ1n) is 6.18.